The number of hydrogen-bond acceptors (Lipinski definition) is 8. The van der Waals surface area contributed by atoms with Gasteiger partial charge in [0.15, 0.2) is 12.6 Å². The van der Waals surface area contributed by atoms with E-state index in [1.54, 1.807) is 31.3 Å². The van der Waals surface area contributed by atoms with Crippen LogP contribution in [0.15, 0.2) is 30.5 Å². The second-order valence-corrected chi connectivity index (χ2v) is 12.2. The van der Waals surface area contributed by atoms with E-state index in [4.69, 9.17) is 19.2 Å². The maximum Gasteiger partial charge on any atom is 0.319 e. The number of pyridine rings is 1. The van der Waals surface area contributed by atoms with Crippen molar-refractivity contribution in [3.63, 3.8) is 0 Å². The summed E-state index contributed by atoms with van der Waals surface area (Å²) in [6, 6.07) is 6.60. The van der Waals surface area contributed by atoms with Gasteiger partial charge in [0.05, 0.1) is 17.6 Å². The predicted molar refractivity (Wildman–Crippen MR) is 162 cm³/mol. The molecule has 2 aliphatic rings. The molecular weight excluding hydrogens is 554 g/mol. The fraction of sp³-hybridized carbons (Fsp3) is 0.485. The Morgan fingerprint density at radius 1 is 1.07 bits per heavy atom. The molecule has 2 fully saturated rings. The average Bonchev–Trinajstić information content (AvgIpc) is 3.79. The molecule has 0 bridgehead atoms. The number of anilines is 1. The van der Waals surface area contributed by atoms with Gasteiger partial charge in [-0.25, -0.2) is 8.78 Å². The predicted octanol–water partition coefficient (Wildman–Crippen LogP) is 6.59. The van der Waals surface area contributed by atoms with E-state index in [0.29, 0.717) is 71.4 Å². The molecule has 1 saturated heterocycles. The van der Waals surface area contributed by atoms with Gasteiger partial charge < -0.3 is 24.2 Å². The second kappa shape index (κ2) is 11.5. The number of aliphatic hydroxyl groups is 1. The first-order valence-electron chi connectivity index (χ1n) is 15.0. The van der Waals surface area contributed by atoms with E-state index in [-0.39, 0.29) is 35.2 Å². The van der Waals surface area contributed by atoms with Gasteiger partial charge >= 0.3 is 6.01 Å². The molecule has 43 heavy (non-hydrogen) atoms. The summed E-state index contributed by atoms with van der Waals surface area (Å²) in [5.74, 6) is -0.119. The van der Waals surface area contributed by atoms with Crippen LogP contribution < -0.4 is 14.4 Å². The van der Waals surface area contributed by atoms with Crippen LogP contribution in [-0.4, -0.2) is 59.3 Å². The molecule has 4 aromatic rings. The van der Waals surface area contributed by atoms with Gasteiger partial charge in [-0.05, 0) is 80.0 Å². The summed E-state index contributed by atoms with van der Waals surface area (Å²) < 4.78 is 48.8. The van der Waals surface area contributed by atoms with E-state index in [0.717, 1.165) is 25.7 Å². The lowest BCUT2D eigenvalue weighted by Gasteiger charge is -2.37. The third-order valence-corrected chi connectivity index (χ3v) is 8.93. The Morgan fingerprint density at radius 2 is 1.88 bits per heavy atom. The molecule has 1 aliphatic carbocycles. The fourth-order valence-electron chi connectivity index (χ4n) is 6.14. The first-order valence-corrected chi connectivity index (χ1v) is 15.0. The Bertz CT molecular complexity index is 1670. The zero-order valence-corrected chi connectivity index (χ0v) is 25.2. The standard InChI is InChI=1S/C33H38F2N4O4/c1-5-22-25(34)9-8-20-14-21(43-19-41-4)15-23(26(20)22)28-27(35)29-24(16-36-28)30(39-13-7-10-32(3,40)17-39)38-31(37-29)42-18-33(6-2)11-12-33/h8-9,14-16,40H,5-7,10-13,17-19H2,1-4H3/t32-/m1/s1. The van der Waals surface area contributed by atoms with Crippen molar-refractivity contribution in [1.29, 1.82) is 0 Å². The molecule has 1 saturated carbocycles. The van der Waals surface area contributed by atoms with E-state index >= 15 is 8.78 Å². The van der Waals surface area contributed by atoms with Gasteiger partial charge in [-0.3, -0.25) is 4.98 Å². The van der Waals surface area contributed by atoms with Gasteiger partial charge in [0.2, 0.25) is 0 Å². The summed E-state index contributed by atoms with van der Waals surface area (Å²) in [7, 11) is 1.52. The summed E-state index contributed by atoms with van der Waals surface area (Å²) in [5.41, 5.74) is 0.133. The molecule has 0 spiro atoms. The van der Waals surface area contributed by atoms with Crippen LogP contribution in [0.3, 0.4) is 0 Å². The van der Waals surface area contributed by atoms with E-state index in [1.807, 2.05) is 11.8 Å². The number of fused-ring (bicyclic) bond motifs is 2. The molecule has 1 atom stereocenters. The van der Waals surface area contributed by atoms with Crippen LogP contribution in [0.25, 0.3) is 32.9 Å². The number of rotatable bonds is 10. The van der Waals surface area contributed by atoms with Crippen molar-refractivity contribution in [3.05, 3.63) is 47.7 Å². The Morgan fingerprint density at radius 3 is 2.58 bits per heavy atom. The minimum atomic E-state index is -0.912. The van der Waals surface area contributed by atoms with Crippen molar-refractivity contribution in [1.82, 2.24) is 15.0 Å². The monoisotopic (exact) mass is 592 g/mol. The Labute approximate surface area is 250 Å². The topological polar surface area (TPSA) is 89.8 Å². The Balaban J connectivity index is 1.55. The normalized spacial score (nSPS) is 19.7. The van der Waals surface area contributed by atoms with E-state index < -0.39 is 11.4 Å². The molecule has 0 amide bonds. The summed E-state index contributed by atoms with van der Waals surface area (Å²) in [5, 5.41) is 12.5. The molecule has 1 N–H and O–H groups in total. The van der Waals surface area contributed by atoms with Gasteiger partial charge in [-0.15, -0.1) is 0 Å². The number of aryl methyl sites for hydroxylation is 1. The minimum absolute atomic E-state index is 0.00342. The van der Waals surface area contributed by atoms with E-state index in [9.17, 15) is 5.11 Å². The lowest BCUT2D eigenvalue weighted by Crippen LogP contribution is -2.46. The molecule has 0 radical (unpaired) electrons. The number of aromatic nitrogens is 3. The molecular formula is C33H38F2N4O4. The molecule has 2 aromatic carbocycles. The molecule has 8 nitrogen and oxygen atoms in total. The fourth-order valence-corrected chi connectivity index (χ4v) is 6.14. The maximum absolute atomic E-state index is 16.8. The van der Waals surface area contributed by atoms with Crippen LogP contribution in [0.5, 0.6) is 11.8 Å². The van der Waals surface area contributed by atoms with Crippen molar-refractivity contribution >= 4 is 27.5 Å². The molecule has 228 valence electrons. The van der Waals surface area contributed by atoms with Crippen LogP contribution in [0.1, 0.15) is 58.4 Å². The summed E-state index contributed by atoms with van der Waals surface area (Å²) in [4.78, 5) is 15.8. The Hall–Kier alpha value is -3.63. The van der Waals surface area contributed by atoms with Gasteiger partial charge in [-0.1, -0.05) is 19.9 Å². The SMILES string of the molecule is CCc1c(F)ccc2cc(OCOC)cc(-c3ncc4c(N5CCC[C@@](C)(O)C5)nc(OCC5(CC)CC5)nc4c3F)c12. The number of piperidine rings is 1. The highest BCUT2D eigenvalue weighted by Gasteiger charge is 2.42. The number of halogens is 2. The molecule has 6 rings (SSSR count). The van der Waals surface area contributed by atoms with Crippen molar-refractivity contribution in [3.8, 4) is 23.0 Å². The minimum Gasteiger partial charge on any atom is -0.468 e. The van der Waals surface area contributed by atoms with Gasteiger partial charge in [0.25, 0.3) is 0 Å². The number of ether oxygens (including phenoxy) is 3. The van der Waals surface area contributed by atoms with Crippen LogP contribution in [0.4, 0.5) is 14.6 Å². The number of hydrogen-bond donors (Lipinski definition) is 1. The zero-order valence-electron chi connectivity index (χ0n) is 25.2. The highest BCUT2D eigenvalue weighted by Crippen LogP contribution is 2.49. The molecule has 0 unspecified atom stereocenters. The van der Waals surface area contributed by atoms with Crippen molar-refractivity contribution < 1.29 is 28.1 Å². The van der Waals surface area contributed by atoms with Crippen LogP contribution in [0, 0.1) is 17.0 Å². The van der Waals surface area contributed by atoms with Crippen molar-refractivity contribution in [2.24, 2.45) is 5.41 Å². The Kier molecular flexibility index (Phi) is 7.85. The number of nitrogens with zero attached hydrogens (tertiary/aromatic N) is 4. The summed E-state index contributed by atoms with van der Waals surface area (Å²) in [6.45, 7) is 7.23. The van der Waals surface area contributed by atoms with E-state index in [2.05, 4.69) is 16.9 Å². The third-order valence-electron chi connectivity index (χ3n) is 8.93. The smallest absolute Gasteiger partial charge is 0.319 e. The highest BCUT2D eigenvalue weighted by molar-refractivity contribution is 6.01. The molecule has 1 aliphatic heterocycles. The molecule has 10 heteroatoms. The first kappa shape index (κ1) is 29.4. The molecule has 3 heterocycles. The third kappa shape index (κ3) is 5.70. The first-order chi connectivity index (χ1) is 20.7. The maximum atomic E-state index is 16.8. The molecule has 2 aromatic heterocycles. The van der Waals surface area contributed by atoms with Crippen molar-refractivity contribution in [2.45, 2.75) is 64.9 Å². The van der Waals surface area contributed by atoms with E-state index in [1.165, 1.54) is 13.2 Å². The quantitative estimate of drug-likeness (QED) is 0.206. The van der Waals surface area contributed by atoms with Crippen LogP contribution in [-0.2, 0) is 11.2 Å². The number of benzene rings is 2. The largest absolute Gasteiger partial charge is 0.468 e. The zero-order chi connectivity index (χ0) is 30.4. The number of methoxy groups -OCH3 is 1. The van der Waals surface area contributed by atoms with Gasteiger partial charge in [0.1, 0.15) is 28.6 Å². The lowest BCUT2D eigenvalue weighted by atomic mass is 9.94. The average molecular weight is 593 g/mol. The van der Waals surface area contributed by atoms with Gasteiger partial charge in [-0.2, -0.15) is 9.97 Å². The van der Waals surface area contributed by atoms with Crippen molar-refractivity contribution in [2.75, 3.05) is 38.5 Å². The summed E-state index contributed by atoms with van der Waals surface area (Å²) >= 11 is 0. The van der Waals surface area contributed by atoms with Crippen LogP contribution >= 0.6 is 0 Å². The van der Waals surface area contributed by atoms with Gasteiger partial charge in [0, 0.05) is 37.4 Å². The summed E-state index contributed by atoms with van der Waals surface area (Å²) in [6.07, 6.45) is 6.52. The number of β-amino-alcohol motifs (C(OH)–C–C–N with tert-alkyl or cyclic N) is 1. The van der Waals surface area contributed by atoms with Crippen LogP contribution in [0.2, 0.25) is 0 Å². The lowest BCUT2D eigenvalue weighted by molar-refractivity contribution is 0.0447. The highest BCUT2D eigenvalue weighted by atomic mass is 19.1. The second-order valence-electron chi connectivity index (χ2n) is 12.2.